The summed E-state index contributed by atoms with van der Waals surface area (Å²) in [5.41, 5.74) is 3.64. The molecule has 0 aromatic carbocycles. The van der Waals surface area contributed by atoms with E-state index >= 15 is 0 Å². The van der Waals surface area contributed by atoms with Crippen LogP contribution in [0.3, 0.4) is 0 Å². The first-order valence-electron chi connectivity index (χ1n) is 4.94. The van der Waals surface area contributed by atoms with Crippen LogP contribution in [0.2, 0.25) is 0 Å². The van der Waals surface area contributed by atoms with Gasteiger partial charge in [0.05, 0.1) is 17.6 Å². The number of hydrogen-bond donors (Lipinski definition) is 1. The summed E-state index contributed by atoms with van der Waals surface area (Å²) in [6.45, 7) is 5.09. The summed E-state index contributed by atoms with van der Waals surface area (Å²) in [6.07, 6.45) is 1.87. The monoisotopic (exact) mass is 221 g/mol. The van der Waals surface area contributed by atoms with E-state index in [1.165, 1.54) is 16.1 Å². The van der Waals surface area contributed by atoms with E-state index in [4.69, 9.17) is 0 Å². The fraction of sp³-hybridized carbons (Fsp3) is 0.364. The molecule has 4 heteroatoms. The molecule has 15 heavy (non-hydrogen) atoms. The van der Waals surface area contributed by atoms with Crippen molar-refractivity contribution in [2.75, 3.05) is 5.32 Å². The maximum absolute atomic E-state index is 4.20. The number of thiophene rings is 1. The van der Waals surface area contributed by atoms with E-state index in [1.807, 2.05) is 17.9 Å². The van der Waals surface area contributed by atoms with Crippen LogP contribution in [0.5, 0.6) is 0 Å². The van der Waals surface area contributed by atoms with Crippen LogP contribution in [0.1, 0.15) is 16.1 Å². The fourth-order valence-electron chi connectivity index (χ4n) is 1.43. The summed E-state index contributed by atoms with van der Waals surface area (Å²) in [5.74, 6) is 0. The van der Waals surface area contributed by atoms with Crippen molar-refractivity contribution in [3.05, 3.63) is 33.8 Å². The van der Waals surface area contributed by atoms with E-state index in [1.54, 1.807) is 11.3 Å². The predicted molar refractivity (Wildman–Crippen MR) is 64.3 cm³/mol. The van der Waals surface area contributed by atoms with Crippen LogP contribution < -0.4 is 5.32 Å². The van der Waals surface area contributed by atoms with E-state index in [0.717, 1.165) is 12.2 Å². The highest BCUT2D eigenvalue weighted by Gasteiger charge is 2.04. The summed E-state index contributed by atoms with van der Waals surface area (Å²) in [6, 6.07) is 2.15. The van der Waals surface area contributed by atoms with Crippen molar-refractivity contribution < 1.29 is 0 Å². The van der Waals surface area contributed by atoms with Crippen molar-refractivity contribution in [1.82, 2.24) is 9.78 Å². The Balaban J connectivity index is 2.05. The Hall–Kier alpha value is -1.29. The molecule has 0 aliphatic heterocycles. The number of aryl methyl sites for hydroxylation is 2. The van der Waals surface area contributed by atoms with E-state index in [9.17, 15) is 0 Å². The zero-order valence-electron chi connectivity index (χ0n) is 9.24. The normalized spacial score (nSPS) is 10.6. The molecule has 0 aliphatic rings. The topological polar surface area (TPSA) is 29.9 Å². The lowest BCUT2D eigenvalue weighted by molar-refractivity contribution is 0.740. The standard InChI is InChI=1S/C11H15N3S/c1-8-4-5-15-11(8)7-12-10-6-13-14(3)9(10)2/h4-6,12H,7H2,1-3H3. The van der Waals surface area contributed by atoms with Gasteiger partial charge in [0, 0.05) is 18.5 Å². The number of nitrogens with zero attached hydrogens (tertiary/aromatic N) is 2. The number of nitrogens with one attached hydrogen (secondary N) is 1. The minimum atomic E-state index is 0.885. The van der Waals surface area contributed by atoms with Gasteiger partial charge in [-0.3, -0.25) is 4.68 Å². The average molecular weight is 221 g/mol. The molecular weight excluding hydrogens is 206 g/mol. The molecule has 2 aromatic rings. The van der Waals surface area contributed by atoms with Gasteiger partial charge in [0.25, 0.3) is 0 Å². The average Bonchev–Trinajstić information content (AvgIpc) is 2.74. The van der Waals surface area contributed by atoms with Gasteiger partial charge in [-0.2, -0.15) is 5.10 Å². The molecule has 2 rings (SSSR count). The molecule has 0 amide bonds. The minimum Gasteiger partial charge on any atom is -0.377 e. The summed E-state index contributed by atoms with van der Waals surface area (Å²) in [5, 5.41) is 9.73. The zero-order valence-corrected chi connectivity index (χ0v) is 10.1. The van der Waals surface area contributed by atoms with Gasteiger partial charge in [0.2, 0.25) is 0 Å². The summed E-state index contributed by atoms with van der Waals surface area (Å²) >= 11 is 1.79. The molecule has 80 valence electrons. The summed E-state index contributed by atoms with van der Waals surface area (Å²) in [4.78, 5) is 1.39. The number of aromatic nitrogens is 2. The first-order valence-corrected chi connectivity index (χ1v) is 5.82. The third kappa shape index (κ3) is 2.04. The van der Waals surface area contributed by atoms with Crippen molar-refractivity contribution in [1.29, 1.82) is 0 Å². The SMILES string of the molecule is Cc1ccsc1CNc1cnn(C)c1C. The molecule has 0 spiro atoms. The number of hydrogen-bond acceptors (Lipinski definition) is 3. The quantitative estimate of drug-likeness (QED) is 0.863. The highest BCUT2D eigenvalue weighted by molar-refractivity contribution is 7.10. The molecule has 0 radical (unpaired) electrons. The molecule has 3 nitrogen and oxygen atoms in total. The minimum absolute atomic E-state index is 0.885. The van der Waals surface area contributed by atoms with E-state index in [2.05, 4.69) is 35.7 Å². The first-order chi connectivity index (χ1) is 7.18. The van der Waals surface area contributed by atoms with Gasteiger partial charge >= 0.3 is 0 Å². The smallest absolute Gasteiger partial charge is 0.0759 e. The maximum Gasteiger partial charge on any atom is 0.0759 e. The lowest BCUT2D eigenvalue weighted by Gasteiger charge is -2.04. The third-order valence-corrected chi connectivity index (χ3v) is 3.67. The van der Waals surface area contributed by atoms with Crippen LogP contribution in [0.25, 0.3) is 0 Å². The Labute approximate surface area is 93.7 Å². The second-order valence-corrected chi connectivity index (χ2v) is 4.65. The maximum atomic E-state index is 4.20. The van der Waals surface area contributed by atoms with Gasteiger partial charge in [0.15, 0.2) is 0 Å². The molecular formula is C11H15N3S. The van der Waals surface area contributed by atoms with Crippen molar-refractivity contribution in [2.45, 2.75) is 20.4 Å². The zero-order chi connectivity index (χ0) is 10.8. The van der Waals surface area contributed by atoms with Crippen LogP contribution in [0.15, 0.2) is 17.6 Å². The Bertz CT molecular complexity index is 456. The van der Waals surface area contributed by atoms with Crippen LogP contribution in [0, 0.1) is 13.8 Å². The van der Waals surface area contributed by atoms with Gasteiger partial charge < -0.3 is 5.32 Å². The number of anilines is 1. The highest BCUT2D eigenvalue weighted by atomic mass is 32.1. The Morgan fingerprint density at radius 2 is 2.27 bits per heavy atom. The van der Waals surface area contributed by atoms with Gasteiger partial charge in [-0.05, 0) is 30.9 Å². The van der Waals surface area contributed by atoms with Crippen LogP contribution in [0.4, 0.5) is 5.69 Å². The molecule has 0 fully saturated rings. The Kier molecular flexibility index (Phi) is 2.77. The summed E-state index contributed by atoms with van der Waals surface area (Å²) in [7, 11) is 1.96. The lowest BCUT2D eigenvalue weighted by atomic mass is 10.3. The largest absolute Gasteiger partial charge is 0.377 e. The molecule has 0 saturated heterocycles. The van der Waals surface area contributed by atoms with Gasteiger partial charge in [-0.25, -0.2) is 0 Å². The molecule has 0 unspecified atom stereocenters. The van der Waals surface area contributed by atoms with Crippen molar-refractivity contribution in [3.8, 4) is 0 Å². The van der Waals surface area contributed by atoms with Gasteiger partial charge in [0.1, 0.15) is 0 Å². The second-order valence-electron chi connectivity index (χ2n) is 3.65. The fourth-order valence-corrected chi connectivity index (χ4v) is 2.28. The van der Waals surface area contributed by atoms with E-state index in [-0.39, 0.29) is 0 Å². The molecule has 2 aromatic heterocycles. The highest BCUT2D eigenvalue weighted by Crippen LogP contribution is 2.19. The van der Waals surface area contributed by atoms with Crippen LogP contribution in [-0.4, -0.2) is 9.78 Å². The van der Waals surface area contributed by atoms with Crippen molar-refractivity contribution >= 4 is 17.0 Å². The van der Waals surface area contributed by atoms with E-state index in [0.29, 0.717) is 0 Å². The van der Waals surface area contributed by atoms with Crippen LogP contribution in [-0.2, 0) is 13.6 Å². The molecule has 0 atom stereocenters. The van der Waals surface area contributed by atoms with Gasteiger partial charge in [-0.1, -0.05) is 0 Å². The lowest BCUT2D eigenvalue weighted by Crippen LogP contribution is -2.00. The van der Waals surface area contributed by atoms with Crippen LogP contribution >= 0.6 is 11.3 Å². The third-order valence-electron chi connectivity index (χ3n) is 2.64. The molecule has 0 saturated carbocycles. The van der Waals surface area contributed by atoms with Gasteiger partial charge in [-0.15, -0.1) is 11.3 Å². The second kappa shape index (κ2) is 4.06. The molecule has 2 heterocycles. The van der Waals surface area contributed by atoms with Crippen molar-refractivity contribution in [3.63, 3.8) is 0 Å². The van der Waals surface area contributed by atoms with Crippen molar-refractivity contribution in [2.24, 2.45) is 7.05 Å². The molecule has 1 N–H and O–H groups in total. The number of rotatable bonds is 3. The Morgan fingerprint density at radius 3 is 2.80 bits per heavy atom. The molecule has 0 aliphatic carbocycles. The predicted octanol–water partition coefficient (Wildman–Crippen LogP) is 2.71. The first kappa shape index (κ1) is 10.2. The Morgan fingerprint density at radius 1 is 1.47 bits per heavy atom. The summed E-state index contributed by atoms with van der Waals surface area (Å²) < 4.78 is 1.88. The molecule has 0 bridgehead atoms. The van der Waals surface area contributed by atoms with E-state index < -0.39 is 0 Å².